The van der Waals surface area contributed by atoms with Crippen LogP contribution in [0.15, 0.2) is 0 Å². The summed E-state index contributed by atoms with van der Waals surface area (Å²) in [5, 5.41) is 0. The molecule has 4 heteroatoms. The lowest BCUT2D eigenvalue weighted by atomic mass is 10.0. The van der Waals surface area contributed by atoms with Crippen LogP contribution in [-0.2, 0) is 4.79 Å². The number of hydrogen-bond donors (Lipinski definition) is 1. The predicted octanol–water partition coefficient (Wildman–Crippen LogP) is 1.33. The van der Waals surface area contributed by atoms with Crippen molar-refractivity contribution < 1.29 is 4.79 Å². The van der Waals surface area contributed by atoms with E-state index in [0.717, 1.165) is 13.0 Å². The molecule has 2 N–H and O–H groups in total. The van der Waals surface area contributed by atoms with Gasteiger partial charge in [0.1, 0.15) is 0 Å². The quantitative estimate of drug-likeness (QED) is 0.775. The second-order valence-corrected chi connectivity index (χ2v) is 4.97. The van der Waals surface area contributed by atoms with Crippen molar-refractivity contribution in [3.05, 3.63) is 0 Å². The minimum Gasteiger partial charge on any atom is -0.339 e. The highest BCUT2D eigenvalue weighted by Gasteiger charge is 2.32. The van der Waals surface area contributed by atoms with Gasteiger partial charge in [0.25, 0.3) is 0 Å². The first kappa shape index (κ1) is 12.8. The number of thioether (sulfide) groups is 1. The number of hydrogen-bond acceptors (Lipinski definition) is 3. The van der Waals surface area contributed by atoms with Gasteiger partial charge < -0.3 is 10.6 Å². The molecule has 0 aromatic heterocycles. The predicted molar refractivity (Wildman–Crippen MR) is 66.0 cm³/mol. The largest absolute Gasteiger partial charge is 0.339 e. The standard InChI is InChI=1S/C11H22N2OS/c1-3-13(11(14)8-15-2)10-6-4-5-9(10)7-12/h9-10H,3-8,12H2,1-2H3. The van der Waals surface area contributed by atoms with Gasteiger partial charge in [-0.25, -0.2) is 0 Å². The minimum absolute atomic E-state index is 0.273. The van der Waals surface area contributed by atoms with Crippen LogP contribution in [0.5, 0.6) is 0 Å². The molecule has 1 aliphatic rings. The first-order valence-corrected chi connectivity index (χ1v) is 7.12. The Labute approximate surface area is 96.8 Å². The average molecular weight is 230 g/mol. The second-order valence-electron chi connectivity index (χ2n) is 4.11. The monoisotopic (exact) mass is 230 g/mol. The highest BCUT2D eigenvalue weighted by molar-refractivity contribution is 7.99. The number of carbonyl (C=O) groups excluding carboxylic acids is 1. The fourth-order valence-corrected chi connectivity index (χ4v) is 2.92. The van der Waals surface area contributed by atoms with Crippen LogP contribution in [0.4, 0.5) is 0 Å². The lowest BCUT2D eigenvalue weighted by Gasteiger charge is -2.31. The van der Waals surface area contributed by atoms with E-state index in [0.29, 0.717) is 24.3 Å². The van der Waals surface area contributed by atoms with Gasteiger partial charge in [-0.15, -0.1) is 0 Å². The van der Waals surface area contributed by atoms with Crippen molar-refractivity contribution in [2.24, 2.45) is 11.7 Å². The molecular formula is C11H22N2OS. The van der Waals surface area contributed by atoms with Crippen molar-refractivity contribution in [2.45, 2.75) is 32.2 Å². The molecule has 3 nitrogen and oxygen atoms in total. The van der Waals surface area contributed by atoms with E-state index in [1.54, 1.807) is 11.8 Å². The van der Waals surface area contributed by atoms with Gasteiger partial charge in [-0.2, -0.15) is 11.8 Å². The average Bonchev–Trinajstić information content (AvgIpc) is 2.67. The molecule has 1 fully saturated rings. The van der Waals surface area contributed by atoms with Gasteiger partial charge in [-0.3, -0.25) is 4.79 Å². The molecule has 15 heavy (non-hydrogen) atoms. The topological polar surface area (TPSA) is 46.3 Å². The normalized spacial score (nSPS) is 25.5. The molecule has 2 atom stereocenters. The molecule has 0 aliphatic heterocycles. The molecule has 1 rings (SSSR count). The number of nitrogens with zero attached hydrogens (tertiary/aromatic N) is 1. The molecule has 88 valence electrons. The van der Waals surface area contributed by atoms with Crippen LogP contribution in [0, 0.1) is 5.92 Å². The van der Waals surface area contributed by atoms with Gasteiger partial charge in [0.05, 0.1) is 5.75 Å². The Bertz CT molecular complexity index is 211. The zero-order chi connectivity index (χ0) is 11.3. The Morgan fingerprint density at radius 2 is 2.27 bits per heavy atom. The fourth-order valence-electron chi connectivity index (χ4n) is 2.50. The van der Waals surface area contributed by atoms with Gasteiger partial charge >= 0.3 is 0 Å². The van der Waals surface area contributed by atoms with Crippen molar-refractivity contribution in [1.82, 2.24) is 4.90 Å². The summed E-state index contributed by atoms with van der Waals surface area (Å²) in [6.45, 7) is 3.60. The van der Waals surface area contributed by atoms with Gasteiger partial charge in [0, 0.05) is 12.6 Å². The maximum absolute atomic E-state index is 11.9. The molecule has 1 saturated carbocycles. The van der Waals surface area contributed by atoms with Crippen molar-refractivity contribution in [3.8, 4) is 0 Å². The molecule has 2 unspecified atom stereocenters. The molecule has 0 radical (unpaired) electrons. The van der Waals surface area contributed by atoms with Crippen LogP contribution in [0.1, 0.15) is 26.2 Å². The van der Waals surface area contributed by atoms with Crippen LogP contribution in [0.2, 0.25) is 0 Å². The lowest BCUT2D eigenvalue weighted by Crippen LogP contribution is -2.44. The maximum Gasteiger partial charge on any atom is 0.232 e. The molecule has 1 aliphatic carbocycles. The summed E-state index contributed by atoms with van der Waals surface area (Å²) in [6.07, 6.45) is 5.51. The molecule has 1 amide bonds. The van der Waals surface area contributed by atoms with Crippen LogP contribution in [-0.4, -0.2) is 41.9 Å². The summed E-state index contributed by atoms with van der Waals surface area (Å²) in [7, 11) is 0. The van der Waals surface area contributed by atoms with Crippen LogP contribution in [0.3, 0.4) is 0 Å². The van der Waals surface area contributed by atoms with Gasteiger partial charge in [-0.05, 0) is 38.5 Å². The van der Waals surface area contributed by atoms with E-state index in [1.807, 2.05) is 11.2 Å². The highest BCUT2D eigenvalue weighted by atomic mass is 32.2. The number of nitrogens with two attached hydrogens (primary N) is 1. The van der Waals surface area contributed by atoms with E-state index in [-0.39, 0.29) is 5.91 Å². The Hall–Kier alpha value is -0.220. The molecule has 0 aromatic carbocycles. The fraction of sp³-hybridized carbons (Fsp3) is 0.909. The number of carbonyl (C=O) groups is 1. The first-order chi connectivity index (χ1) is 7.24. The summed E-state index contributed by atoms with van der Waals surface area (Å²) in [5.74, 6) is 1.40. The number of amides is 1. The van der Waals surface area contributed by atoms with Gasteiger partial charge in [-0.1, -0.05) is 6.42 Å². The van der Waals surface area contributed by atoms with E-state index in [1.165, 1.54) is 12.8 Å². The van der Waals surface area contributed by atoms with Crippen molar-refractivity contribution in [1.29, 1.82) is 0 Å². The molecule has 0 bridgehead atoms. The highest BCUT2D eigenvalue weighted by Crippen LogP contribution is 2.29. The third-order valence-corrected chi connectivity index (χ3v) is 3.79. The summed E-state index contributed by atoms with van der Waals surface area (Å²) >= 11 is 1.60. The third-order valence-electron chi connectivity index (χ3n) is 3.25. The number of rotatable bonds is 5. The first-order valence-electron chi connectivity index (χ1n) is 5.73. The third kappa shape index (κ3) is 3.11. The van der Waals surface area contributed by atoms with Crippen molar-refractivity contribution in [2.75, 3.05) is 25.1 Å². The molecule has 0 spiro atoms. The van der Waals surface area contributed by atoms with E-state index >= 15 is 0 Å². The molecule has 0 aromatic rings. The van der Waals surface area contributed by atoms with E-state index in [2.05, 4.69) is 6.92 Å². The van der Waals surface area contributed by atoms with E-state index in [9.17, 15) is 4.79 Å². The second kappa shape index (κ2) is 6.38. The summed E-state index contributed by atoms with van der Waals surface area (Å²) in [5.41, 5.74) is 5.75. The van der Waals surface area contributed by atoms with Crippen LogP contribution < -0.4 is 5.73 Å². The summed E-state index contributed by atoms with van der Waals surface area (Å²) < 4.78 is 0. The zero-order valence-corrected chi connectivity index (χ0v) is 10.6. The van der Waals surface area contributed by atoms with Gasteiger partial charge in [0.2, 0.25) is 5.91 Å². The summed E-state index contributed by atoms with van der Waals surface area (Å²) in [4.78, 5) is 13.9. The molecular weight excluding hydrogens is 208 g/mol. The lowest BCUT2D eigenvalue weighted by molar-refractivity contribution is -0.131. The Morgan fingerprint density at radius 3 is 2.80 bits per heavy atom. The Morgan fingerprint density at radius 1 is 1.53 bits per heavy atom. The summed E-state index contributed by atoms with van der Waals surface area (Å²) in [6, 6.07) is 0.402. The molecule has 0 heterocycles. The van der Waals surface area contributed by atoms with E-state index in [4.69, 9.17) is 5.73 Å². The van der Waals surface area contributed by atoms with E-state index < -0.39 is 0 Å². The smallest absolute Gasteiger partial charge is 0.232 e. The van der Waals surface area contributed by atoms with Gasteiger partial charge in [0.15, 0.2) is 0 Å². The van der Waals surface area contributed by atoms with Crippen LogP contribution in [0.25, 0.3) is 0 Å². The minimum atomic E-state index is 0.273. The molecule has 0 saturated heterocycles. The SMILES string of the molecule is CCN(C(=O)CSC)C1CCCC1CN. The Kier molecular flexibility index (Phi) is 5.47. The van der Waals surface area contributed by atoms with Crippen molar-refractivity contribution >= 4 is 17.7 Å². The van der Waals surface area contributed by atoms with Crippen LogP contribution >= 0.6 is 11.8 Å². The van der Waals surface area contributed by atoms with Crippen molar-refractivity contribution in [3.63, 3.8) is 0 Å². The Balaban J connectivity index is 2.60. The zero-order valence-electron chi connectivity index (χ0n) is 9.74. The maximum atomic E-state index is 11.9.